The van der Waals surface area contributed by atoms with E-state index in [0.717, 1.165) is 12.5 Å². The molecule has 1 aliphatic carbocycles. The molecule has 112 valence electrons. The zero-order valence-corrected chi connectivity index (χ0v) is 12.8. The molecule has 0 bridgehead atoms. The Balaban J connectivity index is 1.72. The molecule has 1 saturated carbocycles. The summed E-state index contributed by atoms with van der Waals surface area (Å²) in [5, 5.41) is 8.04. The normalized spacial score (nSPS) is 17.8. The first-order valence-electron chi connectivity index (χ1n) is 8.09. The second kappa shape index (κ2) is 6.90. The summed E-state index contributed by atoms with van der Waals surface area (Å²) in [4.78, 5) is 0. The molecule has 3 nitrogen and oxygen atoms in total. The standard InChI is InChI=1S/C18H25N3/c1-21-14-15(13-20-21)12-19-18(16-8-4-2-5-9-16)17-10-6-3-7-11-17/h2,4-5,8-9,13-14,17-19H,3,6-7,10-12H2,1H3. The molecule has 21 heavy (non-hydrogen) atoms. The number of aromatic nitrogens is 2. The molecule has 0 spiro atoms. The van der Waals surface area contributed by atoms with E-state index in [1.54, 1.807) is 0 Å². The molecule has 2 aromatic rings. The van der Waals surface area contributed by atoms with E-state index in [1.165, 1.54) is 43.2 Å². The quantitative estimate of drug-likeness (QED) is 0.903. The van der Waals surface area contributed by atoms with Crippen molar-refractivity contribution >= 4 is 0 Å². The summed E-state index contributed by atoms with van der Waals surface area (Å²) in [6, 6.07) is 11.4. The Hall–Kier alpha value is -1.61. The fraction of sp³-hybridized carbons (Fsp3) is 0.500. The maximum Gasteiger partial charge on any atom is 0.0534 e. The van der Waals surface area contributed by atoms with E-state index < -0.39 is 0 Å². The molecule has 0 amide bonds. The molecule has 3 rings (SSSR count). The van der Waals surface area contributed by atoms with Crippen LogP contribution in [0.5, 0.6) is 0 Å². The van der Waals surface area contributed by atoms with Crippen LogP contribution in [0, 0.1) is 5.92 Å². The zero-order valence-electron chi connectivity index (χ0n) is 12.8. The topological polar surface area (TPSA) is 29.9 Å². The highest BCUT2D eigenvalue weighted by Crippen LogP contribution is 2.34. The Morgan fingerprint density at radius 2 is 1.95 bits per heavy atom. The average Bonchev–Trinajstić information content (AvgIpc) is 2.95. The van der Waals surface area contributed by atoms with Gasteiger partial charge in [0.05, 0.1) is 6.20 Å². The van der Waals surface area contributed by atoms with E-state index in [-0.39, 0.29) is 0 Å². The number of hydrogen-bond donors (Lipinski definition) is 1. The van der Waals surface area contributed by atoms with Crippen LogP contribution in [0.25, 0.3) is 0 Å². The van der Waals surface area contributed by atoms with Gasteiger partial charge >= 0.3 is 0 Å². The maximum atomic E-state index is 4.26. The van der Waals surface area contributed by atoms with Crippen molar-refractivity contribution in [1.82, 2.24) is 15.1 Å². The van der Waals surface area contributed by atoms with Gasteiger partial charge in [0.25, 0.3) is 0 Å². The van der Waals surface area contributed by atoms with Gasteiger partial charge in [-0.15, -0.1) is 0 Å². The first-order valence-corrected chi connectivity index (χ1v) is 8.09. The third-order valence-electron chi connectivity index (χ3n) is 4.56. The molecule has 1 aliphatic rings. The lowest BCUT2D eigenvalue weighted by Crippen LogP contribution is -2.29. The summed E-state index contributed by atoms with van der Waals surface area (Å²) in [6.45, 7) is 0.893. The van der Waals surface area contributed by atoms with Gasteiger partial charge in [0, 0.05) is 31.4 Å². The number of nitrogens with one attached hydrogen (secondary N) is 1. The van der Waals surface area contributed by atoms with Gasteiger partial charge in [-0.2, -0.15) is 5.10 Å². The number of rotatable bonds is 5. The summed E-state index contributed by atoms with van der Waals surface area (Å²) in [7, 11) is 1.97. The van der Waals surface area contributed by atoms with Gasteiger partial charge in [-0.1, -0.05) is 49.6 Å². The van der Waals surface area contributed by atoms with Crippen molar-refractivity contribution in [2.24, 2.45) is 13.0 Å². The molecular formula is C18H25N3. The van der Waals surface area contributed by atoms with Crippen molar-refractivity contribution < 1.29 is 0 Å². The highest BCUT2D eigenvalue weighted by Gasteiger charge is 2.24. The van der Waals surface area contributed by atoms with Crippen LogP contribution in [0.1, 0.15) is 49.3 Å². The van der Waals surface area contributed by atoms with E-state index in [9.17, 15) is 0 Å². The molecule has 1 aromatic carbocycles. The van der Waals surface area contributed by atoms with Crippen LogP contribution in [-0.2, 0) is 13.6 Å². The minimum absolute atomic E-state index is 0.465. The smallest absolute Gasteiger partial charge is 0.0534 e. The van der Waals surface area contributed by atoms with Crippen molar-refractivity contribution in [3.05, 3.63) is 53.9 Å². The molecule has 0 aliphatic heterocycles. The molecular weight excluding hydrogens is 258 g/mol. The van der Waals surface area contributed by atoms with Gasteiger partial charge in [-0.3, -0.25) is 4.68 Å². The SMILES string of the molecule is Cn1cc(CNC(c2ccccc2)C2CCCCC2)cn1. The van der Waals surface area contributed by atoms with Gasteiger partial charge in [0.1, 0.15) is 0 Å². The monoisotopic (exact) mass is 283 g/mol. The summed E-state index contributed by atoms with van der Waals surface area (Å²) in [5.74, 6) is 0.762. The number of hydrogen-bond acceptors (Lipinski definition) is 2. The van der Waals surface area contributed by atoms with E-state index in [4.69, 9.17) is 0 Å². The second-order valence-corrected chi connectivity index (χ2v) is 6.19. The lowest BCUT2D eigenvalue weighted by atomic mass is 9.81. The van der Waals surface area contributed by atoms with Crippen LogP contribution in [-0.4, -0.2) is 9.78 Å². The van der Waals surface area contributed by atoms with Crippen LogP contribution in [0.4, 0.5) is 0 Å². The number of benzene rings is 1. The first kappa shape index (κ1) is 14.3. The molecule has 3 heteroatoms. The van der Waals surface area contributed by atoms with Gasteiger partial charge in [-0.05, 0) is 24.3 Å². The van der Waals surface area contributed by atoms with E-state index in [0.29, 0.717) is 6.04 Å². The van der Waals surface area contributed by atoms with Crippen molar-refractivity contribution in [2.45, 2.75) is 44.7 Å². The molecule has 1 aromatic heterocycles. The van der Waals surface area contributed by atoms with Crippen LogP contribution >= 0.6 is 0 Å². The molecule has 0 saturated heterocycles. The Morgan fingerprint density at radius 3 is 2.62 bits per heavy atom. The predicted molar refractivity (Wildman–Crippen MR) is 85.8 cm³/mol. The van der Waals surface area contributed by atoms with Gasteiger partial charge in [0.2, 0.25) is 0 Å². The van der Waals surface area contributed by atoms with Crippen molar-refractivity contribution in [1.29, 1.82) is 0 Å². The highest BCUT2D eigenvalue weighted by molar-refractivity contribution is 5.20. The van der Waals surface area contributed by atoms with Gasteiger partial charge in [-0.25, -0.2) is 0 Å². The van der Waals surface area contributed by atoms with E-state index in [1.807, 2.05) is 17.9 Å². The average molecular weight is 283 g/mol. The largest absolute Gasteiger partial charge is 0.305 e. The maximum absolute atomic E-state index is 4.26. The van der Waals surface area contributed by atoms with Crippen LogP contribution in [0.15, 0.2) is 42.7 Å². The lowest BCUT2D eigenvalue weighted by molar-refractivity contribution is 0.270. The number of aryl methyl sites for hydroxylation is 1. The highest BCUT2D eigenvalue weighted by atomic mass is 15.2. The van der Waals surface area contributed by atoms with E-state index >= 15 is 0 Å². The van der Waals surface area contributed by atoms with Crippen LogP contribution in [0.2, 0.25) is 0 Å². The summed E-state index contributed by atoms with van der Waals surface area (Å²) >= 11 is 0. The van der Waals surface area contributed by atoms with Crippen molar-refractivity contribution in [2.75, 3.05) is 0 Å². The Bertz CT molecular complexity index is 541. The number of nitrogens with zero attached hydrogens (tertiary/aromatic N) is 2. The Kier molecular flexibility index (Phi) is 4.71. The molecule has 1 heterocycles. The summed E-state index contributed by atoms with van der Waals surface area (Å²) in [6.07, 6.45) is 10.9. The lowest BCUT2D eigenvalue weighted by Gasteiger charge is -2.31. The Morgan fingerprint density at radius 1 is 1.19 bits per heavy atom. The minimum atomic E-state index is 0.465. The molecule has 1 N–H and O–H groups in total. The van der Waals surface area contributed by atoms with Gasteiger partial charge < -0.3 is 5.32 Å². The van der Waals surface area contributed by atoms with Gasteiger partial charge in [0.15, 0.2) is 0 Å². The third-order valence-corrected chi connectivity index (χ3v) is 4.56. The second-order valence-electron chi connectivity index (χ2n) is 6.19. The first-order chi connectivity index (χ1) is 10.3. The molecule has 0 radical (unpaired) electrons. The molecule has 1 fully saturated rings. The fourth-order valence-corrected chi connectivity index (χ4v) is 3.48. The predicted octanol–water partition coefficient (Wildman–Crippen LogP) is 3.83. The fourth-order valence-electron chi connectivity index (χ4n) is 3.48. The van der Waals surface area contributed by atoms with Crippen LogP contribution < -0.4 is 5.32 Å². The Labute approximate surface area is 127 Å². The molecule has 1 unspecified atom stereocenters. The molecule has 1 atom stereocenters. The summed E-state index contributed by atoms with van der Waals surface area (Å²) in [5.41, 5.74) is 2.68. The van der Waals surface area contributed by atoms with Crippen LogP contribution in [0.3, 0.4) is 0 Å². The van der Waals surface area contributed by atoms with Crippen molar-refractivity contribution in [3.8, 4) is 0 Å². The minimum Gasteiger partial charge on any atom is -0.305 e. The third kappa shape index (κ3) is 3.73. The van der Waals surface area contributed by atoms with E-state index in [2.05, 4.69) is 46.9 Å². The van der Waals surface area contributed by atoms with Crippen molar-refractivity contribution in [3.63, 3.8) is 0 Å². The summed E-state index contributed by atoms with van der Waals surface area (Å²) < 4.78 is 1.87. The zero-order chi connectivity index (χ0) is 14.5.